The number of rotatable bonds is 7. The Hall–Kier alpha value is -1.14. The van der Waals surface area contributed by atoms with Gasteiger partial charge < -0.3 is 10.6 Å². The first-order valence-electron chi connectivity index (χ1n) is 7.97. The summed E-state index contributed by atoms with van der Waals surface area (Å²) in [6.45, 7) is 6.93. The van der Waals surface area contributed by atoms with Crippen LogP contribution in [0.25, 0.3) is 0 Å². The fourth-order valence-corrected chi connectivity index (χ4v) is 2.45. The molecule has 21 heavy (non-hydrogen) atoms. The average Bonchev–Trinajstić information content (AvgIpc) is 2.38. The average molecular weight is 298 g/mol. The topological polar surface area (TPSA) is 73.5 Å². The van der Waals surface area contributed by atoms with Gasteiger partial charge in [-0.3, -0.25) is 15.0 Å². The van der Waals surface area contributed by atoms with Crippen LogP contribution >= 0.6 is 0 Å². The van der Waals surface area contributed by atoms with Gasteiger partial charge in [0.2, 0.25) is 5.91 Å². The lowest BCUT2D eigenvalue weighted by Gasteiger charge is -2.27. The molecule has 0 spiro atoms. The Morgan fingerprint density at radius 3 is 2.71 bits per heavy atom. The third-order valence-electron chi connectivity index (χ3n) is 3.62. The van der Waals surface area contributed by atoms with Crippen LogP contribution in [0.2, 0.25) is 0 Å². The number of carbonyl (C=O) groups excluding carboxylic acids is 2. The molecule has 1 aliphatic heterocycles. The van der Waals surface area contributed by atoms with Crippen LogP contribution in [0.3, 0.4) is 0 Å². The molecule has 0 bridgehead atoms. The molecule has 0 aromatic rings. The molecule has 1 saturated heterocycles. The normalized spacial score (nSPS) is 18.8. The van der Waals surface area contributed by atoms with Crippen molar-refractivity contribution in [1.82, 2.24) is 20.9 Å². The highest BCUT2D eigenvalue weighted by Gasteiger charge is 2.16. The number of imide groups is 1. The van der Waals surface area contributed by atoms with Gasteiger partial charge in [-0.25, -0.2) is 4.79 Å². The molecule has 1 aliphatic rings. The number of piperidine rings is 1. The Morgan fingerprint density at radius 2 is 2.10 bits per heavy atom. The van der Waals surface area contributed by atoms with Crippen molar-refractivity contribution in [2.45, 2.75) is 45.6 Å². The van der Waals surface area contributed by atoms with Gasteiger partial charge in [-0.2, -0.15) is 0 Å². The molecular formula is C15H30N4O2. The van der Waals surface area contributed by atoms with Crippen LogP contribution in [-0.4, -0.2) is 56.1 Å². The Kier molecular flexibility index (Phi) is 8.30. The molecule has 1 unspecified atom stereocenters. The quantitative estimate of drug-likeness (QED) is 0.654. The molecule has 1 heterocycles. The second-order valence-electron chi connectivity index (χ2n) is 6.33. The first kappa shape index (κ1) is 17.9. The zero-order chi connectivity index (χ0) is 15.7. The second-order valence-corrected chi connectivity index (χ2v) is 6.33. The van der Waals surface area contributed by atoms with Crippen molar-refractivity contribution in [1.29, 1.82) is 0 Å². The second kappa shape index (κ2) is 9.73. The fraction of sp³-hybridized carbons (Fsp3) is 0.867. The summed E-state index contributed by atoms with van der Waals surface area (Å²) >= 11 is 0. The van der Waals surface area contributed by atoms with E-state index in [0.717, 1.165) is 25.9 Å². The molecule has 0 aromatic carbocycles. The number of hydrogen-bond donors (Lipinski definition) is 3. The van der Waals surface area contributed by atoms with E-state index in [1.807, 2.05) is 11.9 Å². The summed E-state index contributed by atoms with van der Waals surface area (Å²) in [6.07, 6.45) is 4.55. The predicted octanol–water partition coefficient (Wildman–Crippen LogP) is 0.932. The van der Waals surface area contributed by atoms with Gasteiger partial charge in [0, 0.05) is 19.1 Å². The van der Waals surface area contributed by atoms with Crippen LogP contribution in [0.4, 0.5) is 4.79 Å². The van der Waals surface area contributed by atoms with Gasteiger partial charge in [0.1, 0.15) is 0 Å². The van der Waals surface area contributed by atoms with Gasteiger partial charge in [-0.15, -0.1) is 0 Å². The smallest absolute Gasteiger partial charge is 0.321 e. The Labute approximate surface area is 128 Å². The molecule has 1 fully saturated rings. The zero-order valence-electron chi connectivity index (χ0n) is 13.6. The molecule has 6 nitrogen and oxygen atoms in total. The summed E-state index contributed by atoms with van der Waals surface area (Å²) in [5.74, 6) is 0.283. The van der Waals surface area contributed by atoms with Crippen LogP contribution < -0.4 is 16.0 Å². The molecule has 1 atom stereocenters. The van der Waals surface area contributed by atoms with Crippen molar-refractivity contribution in [2.24, 2.45) is 5.92 Å². The van der Waals surface area contributed by atoms with Crippen LogP contribution in [-0.2, 0) is 4.79 Å². The van der Waals surface area contributed by atoms with E-state index in [9.17, 15) is 9.59 Å². The number of nitrogens with one attached hydrogen (secondary N) is 3. The molecule has 0 radical (unpaired) electrons. The predicted molar refractivity (Wildman–Crippen MR) is 84.1 cm³/mol. The van der Waals surface area contributed by atoms with E-state index in [4.69, 9.17) is 0 Å². The van der Waals surface area contributed by atoms with Crippen molar-refractivity contribution in [2.75, 3.05) is 33.2 Å². The largest absolute Gasteiger partial charge is 0.338 e. The molecule has 3 amide bonds. The number of carbonyl (C=O) groups is 2. The van der Waals surface area contributed by atoms with Crippen LogP contribution in [0.5, 0.6) is 0 Å². The van der Waals surface area contributed by atoms with Gasteiger partial charge in [0.25, 0.3) is 0 Å². The summed E-state index contributed by atoms with van der Waals surface area (Å²) in [5.41, 5.74) is 0. The lowest BCUT2D eigenvalue weighted by Crippen LogP contribution is -2.47. The summed E-state index contributed by atoms with van der Waals surface area (Å²) in [7, 11) is 1.91. The highest BCUT2D eigenvalue weighted by Crippen LogP contribution is 2.07. The van der Waals surface area contributed by atoms with Crippen molar-refractivity contribution >= 4 is 11.9 Å². The van der Waals surface area contributed by atoms with Crippen molar-refractivity contribution in [3.8, 4) is 0 Å². The van der Waals surface area contributed by atoms with Gasteiger partial charge >= 0.3 is 6.03 Å². The third-order valence-corrected chi connectivity index (χ3v) is 3.62. The first-order valence-corrected chi connectivity index (χ1v) is 7.97. The maximum Gasteiger partial charge on any atom is 0.321 e. The van der Waals surface area contributed by atoms with E-state index in [-0.39, 0.29) is 12.5 Å². The van der Waals surface area contributed by atoms with Gasteiger partial charge in [-0.1, -0.05) is 20.3 Å². The van der Waals surface area contributed by atoms with E-state index in [1.54, 1.807) is 0 Å². The van der Waals surface area contributed by atoms with Crippen molar-refractivity contribution in [3.63, 3.8) is 0 Å². The van der Waals surface area contributed by atoms with Gasteiger partial charge in [0.15, 0.2) is 0 Å². The minimum atomic E-state index is -0.398. The van der Waals surface area contributed by atoms with E-state index < -0.39 is 6.03 Å². The molecule has 122 valence electrons. The van der Waals surface area contributed by atoms with Gasteiger partial charge in [0.05, 0.1) is 6.54 Å². The van der Waals surface area contributed by atoms with Gasteiger partial charge in [-0.05, 0) is 38.8 Å². The minimum absolute atomic E-state index is 0.246. The lowest BCUT2D eigenvalue weighted by atomic mass is 10.0. The summed E-state index contributed by atoms with van der Waals surface area (Å²) < 4.78 is 0. The molecule has 3 N–H and O–H groups in total. The van der Waals surface area contributed by atoms with E-state index in [0.29, 0.717) is 18.5 Å². The molecular weight excluding hydrogens is 268 g/mol. The minimum Gasteiger partial charge on any atom is -0.338 e. The maximum absolute atomic E-state index is 11.8. The van der Waals surface area contributed by atoms with E-state index >= 15 is 0 Å². The molecule has 0 aromatic heterocycles. The highest BCUT2D eigenvalue weighted by atomic mass is 16.2. The standard InChI is InChI=1S/C15H30N4O2/c1-12(2)7-9-17-15(21)18-14(20)11-19(3)10-13-6-4-5-8-16-13/h12-13,16H,4-11H2,1-3H3,(H2,17,18,20,21). The zero-order valence-corrected chi connectivity index (χ0v) is 13.6. The fourth-order valence-electron chi connectivity index (χ4n) is 2.45. The third kappa shape index (κ3) is 8.67. The Morgan fingerprint density at radius 1 is 1.33 bits per heavy atom. The molecule has 1 rings (SSSR count). The summed E-state index contributed by atoms with van der Waals surface area (Å²) in [6, 6.07) is 0.0567. The molecule has 0 aliphatic carbocycles. The number of amides is 3. The maximum atomic E-state index is 11.8. The van der Waals surface area contributed by atoms with Crippen LogP contribution in [0.15, 0.2) is 0 Å². The number of nitrogens with zero attached hydrogens (tertiary/aromatic N) is 1. The van der Waals surface area contributed by atoms with Crippen molar-refractivity contribution in [3.05, 3.63) is 0 Å². The first-order chi connectivity index (χ1) is 9.97. The summed E-state index contributed by atoms with van der Waals surface area (Å²) in [5, 5.41) is 8.52. The monoisotopic (exact) mass is 298 g/mol. The summed E-state index contributed by atoms with van der Waals surface area (Å²) in [4.78, 5) is 25.3. The Balaban J connectivity index is 2.15. The molecule has 0 saturated carbocycles. The number of likely N-dealkylation sites (N-methyl/N-ethyl adjacent to an activating group) is 1. The Bertz CT molecular complexity index is 328. The highest BCUT2D eigenvalue weighted by molar-refractivity contribution is 5.95. The van der Waals surface area contributed by atoms with E-state index in [1.165, 1.54) is 12.8 Å². The SMILES string of the molecule is CC(C)CCNC(=O)NC(=O)CN(C)CC1CCCCN1. The number of hydrogen-bond acceptors (Lipinski definition) is 4. The van der Waals surface area contributed by atoms with Crippen LogP contribution in [0.1, 0.15) is 39.5 Å². The van der Waals surface area contributed by atoms with Crippen molar-refractivity contribution < 1.29 is 9.59 Å². The molecule has 6 heteroatoms. The number of urea groups is 1. The van der Waals surface area contributed by atoms with E-state index in [2.05, 4.69) is 29.8 Å². The van der Waals surface area contributed by atoms with Crippen LogP contribution in [0, 0.1) is 5.92 Å². The lowest BCUT2D eigenvalue weighted by molar-refractivity contribution is -0.120.